The van der Waals surface area contributed by atoms with E-state index in [9.17, 15) is 9.59 Å². The van der Waals surface area contributed by atoms with Crippen molar-refractivity contribution in [3.05, 3.63) is 0 Å². The van der Waals surface area contributed by atoms with Crippen molar-refractivity contribution >= 4 is 17.5 Å². The molecule has 0 spiro atoms. The smallest absolute Gasteiger partial charge is 0.253 e. The minimum atomic E-state index is -0.587. The first-order valence-electron chi connectivity index (χ1n) is 5.51. The molecule has 1 unspecified atom stereocenters. The maximum absolute atomic E-state index is 12.1. The number of hydrogen-bond acceptors (Lipinski definition) is 4. The Balaban J connectivity index is 2.03. The van der Waals surface area contributed by atoms with Crippen LogP contribution in [0.4, 0.5) is 0 Å². The van der Waals surface area contributed by atoms with Gasteiger partial charge in [0.1, 0.15) is 5.92 Å². The highest BCUT2D eigenvalue weighted by molar-refractivity contribution is 6.06. The average Bonchev–Trinajstić information content (AvgIpc) is 2.32. The first-order chi connectivity index (χ1) is 7.68. The van der Waals surface area contributed by atoms with E-state index in [1.54, 1.807) is 4.90 Å². The Bertz CT molecular complexity index is 334. The summed E-state index contributed by atoms with van der Waals surface area (Å²) in [6, 6.07) is 0. The van der Waals surface area contributed by atoms with Crippen LogP contribution in [0.5, 0.6) is 0 Å². The number of carbonyl (C=O) groups is 2. The molecule has 2 amide bonds. The Morgan fingerprint density at radius 3 is 2.81 bits per heavy atom. The van der Waals surface area contributed by atoms with Crippen LogP contribution in [0, 0.1) is 5.92 Å². The van der Waals surface area contributed by atoms with Crippen LogP contribution in [0.2, 0.25) is 0 Å². The van der Waals surface area contributed by atoms with Gasteiger partial charge in [0.25, 0.3) is 5.91 Å². The summed E-state index contributed by atoms with van der Waals surface area (Å²) in [5, 5.41) is 7.00. The van der Waals surface area contributed by atoms with Gasteiger partial charge in [0.05, 0.1) is 0 Å². The molecule has 0 aliphatic carbocycles. The summed E-state index contributed by atoms with van der Waals surface area (Å²) in [7, 11) is 0. The van der Waals surface area contributed by atoms with Gasteiger partial charge in [0.2, 0.25) is 5.91 Å². The summed E-state index contributed by atoms with van der Waals surface area (Å²) in [5.41, 5.74) is 3.19. The molecule has 1 fully saturated rings. The van der Waals surface area contributed by atoms with E-state index in [1.807, 2.05) is 6.92 Å². The number of amides is 2. The van der Waals surface area contributed by atoms with Crippen LogP contribution >= 0.6 is 0 Å². The Labute approximate surface area is 94.1 Å². The standard InChI is InChI=1S/C10H16N4O2/c1-7-6-8(9(15)13-12-7)10(16)14-4-2-11-3-5-14/h8,11H,2-6H2,1H3,(H,13,15). The Morgan fingerprint density at radius 1 is 1.44 bits per heavy atom. The van der Waals surface area contributed by atoms with Crippen molar-refractivity contribution < 1.29 is 9.59 Å². The van der Waals surface area contributed by atoms with Crippen LogP contribution in [-0.4, -0.2) is 48.6 Å². The maximum Gasteiger partial charge on any atom is 0.253 e. The molecule has 1 atom stereocenters. The molecule has 0 aromatic rings. The van der Waals surface area contributed by atoms with Gasteiger partial charge in [-0.25, -0.2) is 5.43 Å². The summed E-state index contributed by atoms with van der Waals surface area (Å²) in [6.07, 6.45) is 0.439. The first kappa shape index (κ1) is 11.1. The van der Waals surface area contributed by atoms with Crippen LogP contribution < -0.4 is 10.7 Å². The molecule has 2 aliphatic heterocycles. The number of hydrogen-bond donors (Lipinski definition) is 2. The second kappa shape index (κ2) is 4.61. The van der Waals surface area contributed by atoms with E-state index in [1.165, 1.54) is 0 Å². The van der Waals surface area contributed by atoms with E-state index in [2.05, 4.69) is 15.8 Å². The predicted octanol–water partition coefficient (Wildman–Crippen LogP) is -1.07. The molecule has 0 aromatic heterocycles. The van der Waals surface area contributed by atoms with Crippen LogP contribution in [0.3, 0.4) is 0 Å². The number of carbonyl (C=O) groups excluding carboxylic acids is 2. The summed E-state index contributed by atoms with van der Waals surface area (Å²) in [6.45, 7) is 4.77. The molecular formula is C10H16N4O2. The zero-order valence-electron chi connectivity index (χ0n) is 9.32. The van der Waals surface area contributed by atoms with E-state index in [0.29, 0.717) is 19.5 Å². The van der Waals surface area contributed by atoms with E-state index in [4.69, 9.17) is 0 Å². The molecule has 2 aliphatic rings. The normalized spacial score (nSPS) is 26.1. The Kier molecular flexibility index (Phi) is 3.19. The lowest BCUT2D eigenvalue weighted by Gasteiger charge is -2.31. The quantitative estimate of drug-likeness (QED) is 0.557. The zero-order valence-corrected chi connectivity index (χ0v) is 9.32. The van der Waals surface area contributed by atoms with Crippen molar-refractivity contribution in [1.82, 2.24) is 15.6 Å². The number of piperazine rings is 1. The second-order valence-corrected chi connectivity index (χ2v) is 4.16. The van der Waals surface area contributed by atoms with Crippen molar-refractivity contribution in [1.29, 1.82) is 0 Å². The lowest BCUT2D eigenvalue weighted by molar-refractivity contribution is -0.142. The predicted molar refractivity (Wildman–Crippen MR) is 58.8 cm³/mol. The molecule has 6 nitrogen and oxygen atoms in total. The van der Waals surface area contributed by atoms with Crippen LogP contribution in [0.15, 0.2) is 5.10 Å². The molecule has 2 heterocycles. The summed E-state index contributed by atoms with van der Waals surface area (Å²) in [5.74, 6) is -0.946. The average molecular weight is 224 g/mol. The largest absolute Gasteiger partial charge is 0.339 e. The van der Waals surface area contributed by atoms with Crippen molar-refractivity contribution in [3.63, 3.8) is 0 Å². The molecule has 16 heavy (non-hydrogen) atoms. The Hall–Kier alpha value is -1.43. The van der Waals surface area contributed by atoms with Gasteiger partial charge in [0.15, 0.2) is 0 Å². The second-order valence-electron chi connectivity index (χ2n) is 4.16. The van der Waals surface area contributed by atoms with E-state index in [0.717, 1.165) is 18.8 Å². The fraction of sp³-hybridized carbons (Fsp3) is 0.700. The molecule has 88 valence electrons. The summed E-state index contributed by atoms with van der Waals surface area (Å²) in [4.78, 5) is 25.4. The number of hydrazone groups is 1. The van der Waals surface area contributed by atoms with Gasteiger partial charge >= 0.3 is 0 Å². The number of nitrogens with zero attached hydrogens (tertiary/aromatic N) is 2. The lowest BCUT2D eigenvalue weighted by Crippen LogP contribution is -2.52. The van der Waals surface area contributed by atoms with Crippen molar-refractivity contribution in [2.45, 2.75) is 13.3 Å². The third-order valence-corrected chi connectivity index (χ3v) is 2.90. The van der Waals surface area contributed by atoms with Gasteiger partial charge in [-0.3, -0.25) is 9.59 Å². The molecule has 6 heteroatoms. The van der Waals surface area contributed by atoms with Crippen LogP contribution in [-0.2, 0) is 9.59 Å². The van der Waals surface area contributed by atoms with E-state index >= 15 is 0 Å². The SMILES string of the molecule is CC1=NNC(=O)C(C(=O)N2CCNCC2)C1. The fourth-order valence-electron chi connectivity index (χ4n) is 1.97. The van der Waals surface area contributed by atoms with Gasteiger partial charge in [-0.1, -0.05) is 0 Å². The minimum absolute atomic E-state index is 0.0757. The van der Waals surface area contributed by atoms with Crippen LogP contribution in [0.1, 0.15) is 13.3 Å². The summed E-state index contributed by atoms with van der Waals surface area (Å²) >= 11 is 0. The lowest BCUT2D eigenvalue weighted by atomic mass is 9.98. The monoisotopic (exact) mass is 224 g/mol. The van der Waals surface area contributed by atoms with Gasteiger partial charge < -0.3 is 10.2 Å². The molecule has 0 radical (unpaired) electrons. The molecular weight excluding hydrogens is 208 g/mol. The number of nitrogens with one attached hydrogen (secondary N) is 2. The molecule has 0 aromatic carbocycles. The van der Waals surface area contributed by atoms with Crippen LogP contribution in [0.25, 0.3) is 0 Å². The fourth-order valence-corrected chi connectivity index (χ4v) is 1.97. The van der Waals surface area contributed by atoms with Gasteiger partial charge in [-0.05, 0) is 6.92 Å². The van der Waals surface area contributed by atoms with Gasteiger partial charge in [0, 0.05) is 38.3 Å². The molecule has 2 rings (SSSR count). The topological polar surface area (TPSA) is 73.8 Å². The van der Waals surface area contributed by atoms with Crippen molar-refractivity contribution in [2.24, 2.45) is 11.0 Å². The first-order valence-corrected chi connectivity index (χ1v) is 5.51. The highest BCUT2D eigenvalue weighted by Gasteiger charge is 2.33. The third-order valence-electron chi connectivity index (χ3n) is 2.90. The van der Waals surface area contributed by atoms with Crippen molar-refractivity contribution in [2.75, 3.05) is 26.2 Å². The highest BCUT2D eigenvalue weighted by Crippen LogP contribution is 2.13. The minimum Gasteiger partial charge on any atom is -0.339 e. The molecule has 0 bridgehead atoms. The molecule has 0 saturated carbocycles. The molecule has 2 N–H and O–H groups in total. The van der Waals surface area contributed by atoms with E-state index in [-0.39, 0.29) is 11.8 Å². The van der Waals surface area contributed by atoms with Crippen molar-refractivity contribution in [3.8, 4) is 0 Å². The van der Waals surface area contributed by atoms with Gasteiger partial charge in [-0.2, -0.15) is 5.10 Å². The van der Waals surface area contributed by atoms with E-state index < -0.39 is 5.92 Å². The summed E-state index contributed by atoms with van der Waals surface area (Å²) < 4.78 is 0. The zero-order chi connectivity index (χ0) is 11.5. The number of rotatable bonds is 1. The Morgan fingerprint density at radius 2 is 2.12 bits per heavy atom. The maximum atomic E-state index is 12.1. The van der Waals surface area contributed by atoms with Gasteiger partial charge in [-0.15, -0.1) is 0 Å². The third kappa shape index (κ3) is 2.21. The molecule has 1 saturated heterocycles. The highest BCUT2D eigenvalue weighted by atomic mass is 16.2.